The number of hydrogen-bond acceptors (Lipinski definition) is 6. The standard InChI is InChI=1S/C31H37NO5/c1-20-9-10-22-15-24-29-11-12-31(35-3,23(16-29)19-36-18-21-7-5-4-6-8-21)28-30(29,26(22)27(20)37-28)13-14-32(24)17-25(33)34-2/h4-10,23-24,28H,11-19H2,1-3H3/t23-,24-,28-,29-,30+,31-/m1/s1. The molecule has 0 radical (unpaired) electrons. The van der Waals surface area contributed by atoms with Crippen molar-refractivity contribution in [3.05, 3.63) is 64.7 Å². The summed E-state index contributed by atoms with van der Waals surface area (Å²) in [4.78, 5) is 14.9. The third kappa shape index (κ3) is 2.95. The van der Waals surface area contributed by atoms with E-state index in [-0.39, 0.29) is 40.5 Å². The molecule has 37 heavy (non-hydrogen) atoms. The number of rotatable bonds is 7. The molecule has 2 aromatic carbocycles. The molecule has 2 heterocycles. The van der Waals surface area contributed by atoms with Crippen molar-refractivity contribution in [2.24, 2.45) is 11.3 Å². The van der Waals surface area contributed by atoms with Gasteiger partial charge in [-0.15, -0.1) is 0 Å². The number of aryl methyl sites for hydroxylation is 1. The molecule has 6 heteroatoms. The van der Waals surface area contributed by atoms with E-state index in [2.05, 4.69) is 48.2 Å². The highest BCUT2D eigenvalue weighted by Gasteiger charge is 2.80. The summed E-state index contributed by atoms with van der Waals surface area (Å²) in [6.45, 7) is 4.65. The zero-order valence-corrected chi connectivity index (χ0v) is 22.1. The molecule has 4 bridgehead atoms. The SMILES string of the molecule is COC(=O)CN1CC[C@]23c4c5ccc(C)c4O[C@H]2[C@@]2(OC)CC[C@@]3(C[C@@H]2COCc2ccccc2)[C@H]1C5. The van der Waals surface area contributed by atoms with E-state index in [9.17, 15) is 4.79 Å². The summed E-state index contributed by atoms with van der Waals surface area (Å²) < 4.78 is 25.2. The average molecular weight is 504 g/mol. The van der Waals surface area contributed by atoms with Crippen LogP contribution < -0.4 is 4.74 Å². The predicted octanol–water partition coefficient (Wildman–Crippen LogP) is 4.20. The molecule has 0 aromatic heterocycles. The third-order valence-corrected chi connectivity index (χ3v) is 10.8. The van der Waals surface area contributed by atoms with Gasteiger partial charge in [0, 0.05) is 42.0 Å². The van der Waals surface area contributed by atoms with E-state index >= 15 is 0 Å². The summed E-state index contributed by atoms with van der Waals surface area (Å²) in [6.07, 6.45) is 4.98. The number of esters is 1. The van der Waals surface area contributed by atoms with Crippen LogP contribution in [0.1, 0.15) is 47.9 Å². The number of carbonyl (C=O) groups is 1. The first-order valence-corrected chi connectivity index (χ1v) is 13.8. The first-order chi connectivity index (χ1) is 18.0. The topological polar surface area (TPSA) is 57.2 Å². The summed E-state index contributed by atoms with van der Waals surface area (Å²) >= 11 is 0. The molecule has 2 aliphatic heterocycles. The first-order valence-electron chi connectivity index (χ1n) is 13.8. The molecule has 0 amide bonds. The lowest BCUT2D eigenvalue weighted by molar-refractivity contribution is -0.283. The lowest BCUT2D eigenvalue weighted by Crippen LogP contribution is -2.81. The second-order valence-corrected chi connectivity index (χ2v) is 11.9. The minimum Gasteiger partial charge on any atom is -0.486 e. The van der Waals surface area contributed by atoms with Crippen LogP contribution in [0.15, 0.2) is 42.5 Å². The van der Waals surface area contributed by atoms with Crippen LogP contribution in [-0.2, 0) is 37.4 Å². The van der Waals surface area contributed by atoms with Gasteiger partial charge < -0.3 is 18.9 Å². The second kappa shape index (κ2) is 8.29. The molecule has 4 fully saturated rings. The normalized spacial score (nSPS) is 36.7. The fourth-order valence-electron chi connectivity index (χ4n) is 9.35. The van der Waals surface area contributed by atoms with Gasteiger partial charge in [-0.2, -0.15) is 0 Å². The van der Waals surface area contributed by atoms with Crippen molar-refractivity contribution in [1.82, 2.24) is 4.90 Å². The Morgan fingerprint density at radius 2 is 1.95 bits per heavy atom. The van der Waals surface area contributed by atoms with E-state index in [1.54, 1.807) is 0 Å². The molecule has 8 rings (SSSR count). The second-order valence-electron chi connectivity index (χ2n) is 11.9. The number of benzene rings is 2. The summed E-state index contributed by atoms with van der Waals surface area (Å²) in [7, 11) is 3.37. The monoisotopic (exact) mass is 503 g/mol. The van der Waals surface area contributed by atoms with E-state index in [0.29, 0.717) is 19.8 Å². The molecule has 4 aliphatic carbocycles. The van der Waals surface area contributed by atoms with Crippen LogP contribution in [-0.4, -0.2) is 62.5 Å². The Morgan fingerprint density at radius 3 is 2.73 bits per heavy atom. The van der Waals surface area contributed by atoms with Crippen LogP contribution in [0.5, 0.6) is 5.75 Å². The highest BCUT2D eigenvalue weighted by molar-refractivity contribution is 5.72. The highest BCUT2D eigenvalue weighted by atomic mass is 16.6. The van der Waals surface area contributed by atoms with Gasteiger partial charge >= 0.3 is 5.97 Å². The lowest BCUT2D eigenvalue weighted by Gasteiger charge is -2.73. The Hall–Kier alpha value is -2.41. The van der Waals surface area contributed by atoms with E-state index in [1.807, 2.05) is 13.2 Å². The molecule has 196 valence electrons. The van der Waals surface area contributed by atoms with Gasteiger partial charge in [0.1, 0.15) is 17.5 Å². The minimum absolute atomic E-state index is 0.0248. The summed E-state index contributed by atoms with van der Waals surface area (Å²) in [6, 6.07) is 15.2. The van der Waals surface area contributed by atoms with Gasteiger partial charge in [-0.3, -0.25) is 9.69 Å². The Balaban J connectivity index is 1.31. The number of likely N-dealkylation sites (tertiary alicyclic amines) is 1. The highest BCUT2D eigenvalue weighted by Crippen LogP contribution is 2.76. The molecule has 6 aliphatic rings. The molecule has 2 spiro atoms. The number of piperidine rings is 1. The smallest absolute Gasteiger partial charge is 0.319 e. The molecule has 6 atom stereocenters. The van der Waals surface area contributed by atoms with Crippen LogP contribution >= 0.6 is 0 Å². The van der Waals surface area contributed by atoms with Crippen molar-refractivity contribution in [1.29, 1.82) is 0 Å². The number of nitrogens with zero attached hydrogens (tertiary/aromatic N) is 1. The van der Waals surface area contributed by atoms with Crippen molar-refractivity contribution in [3.8, 4) is 5.75 Å². The molecular formula is C31H37NO5. The van der Waals surface area contributed by atoms with Crippen LogP contribution in [0.3, 0.4) is 0 Å². The van der Waals surface area contributed by atoms with Gasteiger partial charge in [0.2, 0.25) is 0 Å². The van der Waals surface area contributed by atoms with Gasteiger partial charge in [0.25, 0.3) is 0 Å². The average Bonchev–Trinajstić information content (AvgIpc) is 3.29. The zero-order valence-electron chi connectivity index (χ0n) is 22.1. The molecule has 3 saturated carbocycles. The molecule has 0 N–H and O–H groups in total. The van der Waals surface area contributed by atoms with Crippen molar-refractivity contribution in [3.63, 3.8) is 0 Å². The number of hydrogen-bond donors (Lipinski definition) is 0. The summed E-state index contributed by atoms with van der Waals surface area (Å²) in [5.41, 5.74) is 4.82. The number of fused-ring (bicyclic) bond motifs is 2. The number of methoxy groups -OCH3 is 2. The number of ether oxygens (including phenoxy) is 4. The Kier molecular flexibility index (Phi) is 5.31. The fourth-order valence-corrected chi connectivity index (χ4v) is 9.35. The fraction of sp³-hybridized carbons (Fsp3) is 0.581. The van der Waals surface area contributed by atoms with Gasteiger partial charge in [-0.25, -0.2) is 0 Å². The van der Waals surface area contributed by atoms with Crippen molar-refractivity contribution < 1.29 is 23.7 Å². The zero-order chi connectivity index (χ0) is 25.4. The van der Waals surface area contributed by atoms with E-state index in [1.165, 1.54) is 29.4 Å². The molecule has 2 aromatic rings. The largest absolute Gasteiger partial charge is 0.486 e. The van der Waals surface area contributed by atoms with Gasteiger partial charge in [0.05, 0.1) is 26.9 Å². The maximum Gasteiger partial charge on any atom is 0.319 e. The Labute approximate surface area is 219 Å². The van der Waals surface area contributed by atoms with Gasteiger partial charge in [-0.05, 0) is 55.7 Å². The first kappa shape index (κ1) is 23.7. The van der Waals surface area contributed by atoms with Crippen LogP contribution in [0.2, 0.25) is 0 Å². The predicted molar refractivity (Wildman–Crippen MR) is 139 cm³/mol. The van der Waals surface area contributed by atoms with Gasteiger partial charge in [0.15, 0.2) is 0 Å². The minimum atomic E-state index is -0.381. The molecule has 6 nitrogen and oxygen atoms in total. The van der Waals surface area contributed by atoms with Crippen molar-refractivity contribution >= 4 is 5.97 Å². The van der Waals surface area contributed by atoms with E-state index < -0.39 is 0 Å². The van der Waals surface area contributed by atoms with Gasteiger partial charge in [-0.1, -0.05) is 42.5 Å². The van der Waals surface area contributed by atoms with E-state index in [4.69, 9.17) is 18.9 Å². The molecular weight excluding hydrogens is 466 g/mol. The van der Waals surface area contributed by atoms with Crippen LogP contribution in [0.25, 0.3) is 0 Å². The third-order valence-electron chi connectivity index (χ3n) is 10.8. The molecule has 0 unspecified atom stereocenters. The van der Waals surface area contributed by atoms with Crippen LogP contribution in [0, 0.1) is 18.3 Å². The summed E-state index contributed by atoms with van der Waals surface area (Å²) in [5.74, 6) is 1.17. The van der Waals surface area contributed by atoms with E-state index in [0.717, 1.165) is 44.4 Å². The maximum atomic E-state index is 12.5. The van der Waals surface area contributed by atoms with Crippen LogP contribution in [0.4, 0.5) is 0 Å². The Bertz CT molecular complexity index is 1230. The number of carbonyl (C=O) groups excluding carboxylic acids is 1. The quantitative estimate of drug-likeness (QED) is 0.528. The maximum absolute atomic E-state index is 12.5. The Morgan fingerprint density at radius 1 is 1.11 bits per heavy atom. The van der Waals surface area contributed by atoms with Crippen molar-refractivity contribution in [2.75, 3.05) is 33.9 Å². The summed E-state index contributed by atoms with van der Waals surface area (Å²) in [5, 5.41) is 0. The van der Waals surface area contributed by atoms with Crippen molar-refractivity contribution in [2.45, 2.75) is 68.8 Å². The lowest BCUT2D eigenvalue weighted by atomic mass is 9.35. The molecule has 1 saturated heterocycles.